The summed E-state index contributed by atoms with van der Waals surface area (Å²) < 4.78 is 0.667. The van der Waals surface area contributed by atoms with Gasteiger partial charge in [0, 0.05) is 15.4 Å². The number of hydrogen-bond donors (Lipinski definition) is 2. The zero-order valence-corrected chi connectivity index (χ0v) is 12.7. The summed E-state index contributed by atoms with van der Waals surface area (Å²) in [7, 11) is 0. The van der Waals surface area contributed by atoms with Crippen molar-refractivity contribution in [2.24, 2.45) is 5.73 Å². The highest BCUT2D eigenvalue weighted by molar-refractivity contribution is 9.10. The van der Waals surface area contributed by atoms with Crippen molar-refractivity contribution < 1.29 is 9.59 Å². The number of halogens is 1. The smallest absolute Gasteiger partial charge is 0.255 e. The molecule has 0 unspecified atom stereocenters. The Hall–Kier alpha value is -1.01. The molecule has 1 rings (SSSR count). The molecule has 1 aromatic rings. The summed E-state index contributed by atoms with van der Waals surface area (Å²) in [5, 5.41) is 0. The Morgan fingerprint density at radius 1 is 1.44 bits per heavy atom. The van der Waals surface area contributed by atoms with E-state index in [0.717, 1.165) is 0 Å². The van der Waals surface area contributed by atoms with E-state index in [1.807, 2.05) is 13.8 Å². The molecule has 18 heavy (non-hydrogen) atoms. The van der Waals surface area contributed by atoms with Crippen molar-refractivity contribution in [3.63, 3.8) is 0 Å². The minimum atomic E-state index is -0.532. The Balaban J connectivity index is 3.09. The van der Waals surface area contributed by atoms with Crippen LogP contribution in [0, 0.1) is 0 Å². The summed E-state index contributed by atoms with van der Waals surface area (Å²) in [5.74, 6) is -0.776. The van der Waals surface area contributed by atoms with Crippen molar-refractivity contribution in [2.45, 2.75) is 24.8 Å². The van der Waals surface area contributed by atoms with Gasteiger partial charge in [0.15, 0.2) is 0 Å². The van der Waals surface area contributed by atoms with Crippen molar-refractivity contribution in [2.75, 3.05) is 6.54 Å². The molecule has 0 saturated heterocycles. The lowest BCUT2D eigenvalue weighted by Gasteiger charge is -2.25. The van der Waals surface area contributed by atoms with Gasteiger partial charge in [-0.2, -0.15) is 0 Å². The number of nitrogens with two attached hydrogens (primary N) is 1. The number of benzene rings is 1. The molecule has 0 spiro atoms. The summed E-state index contributed by atoms with van der Waals surface area (Å²) >= 11 is 7.52. The van der Waals surface area contributed by atoms with Gasteiger partial charge in [-0.05, 0) is 48.0 Å². The maximum atomic E-state index is 12.3. The topological polar surface area (TPSA) is 63.4 Å². The van der Waals surface area contributed by atoms with Gasteiger partial charge in [0.2, 0.25) is 5.91 Å². The van der Waals surface area contributed by atoms with Gasteiger partial charge in [0.25, 0.3) is 5.91 Å². The fourth-order valence-corrected chi connectivity index (χ4v) is 2.11. The average Bonchev–Trinajstić information content (AvgIpc) is 2.27. The molecule has 0 bridgehead atoms. The molecule has 2 N–H and O–H groups in total. The van der Waals surface area contributed by atoms with Crippen LogP contribution in [0.25, 0.3) is 0 Å². The second-order valence-electron chi connectivity index (χ2n) is 4.16. The molecule has 0 heterocycles. The molecule has 0 aromatic heterocycles. The lowest BCUT2D eigenvalue weighted by Crippen LogP contribution is -2.42. The molecule has 0 fully saturated rings. The Labute approximate surface area is 120 Å². The normalized spacial score (nSPS) is 10.5. The number of carbonyl (C=O) groups excluding carboxylic acids is 2. The molecular formula is C12H15BrN2O2S. The molecule has 0 radical (unpaired) electrons. The van der Waals surface area contributed by atoms with E-state index in [9.17, 15) is 9.59 Å². The first-order valence-corrected chi connectivity index (χ1v) is 6.64. The van der Waals surface area contributed by atoms with Gasteiger partial charge in [-0.25, -0.2) is 0 Å². The van der Waals surface area contributed by atoms with E-state index >= 15 is 0 Å². The average molecular weight is 331 g/mol. The monoisotopic (exact) mass is 330 g/mol. The predicted molar refractivity (Wildman–Crippen MR) is 76.8 cm³/mol. The van der Waals surface area contributed by atoms with E-state index in [0.29, 0.717) is 14.9 Å². The maximum Gasteiger partial charge on any atom is 0.255 e. The van der Waals surface area contributed by atoms with E-state index in [-0.39, 0.29) is 18.5 Å². The van der Waals surface area contributed by atoms with Gasteiger partial charge in [-0.15, -0.1) is 12.6 Å². The van der Waals surface area contributed by atoms with E-state index in [1.54, 1.807) is 18.2 Å². The second kappa shape index (κ2) is 6.24. The number of amides is 2. The molecule has 2 amide bonds. The number of hydrogen-bond acceptors (Lipinski definition) is 3. The van der Waals surface area contributed by atoms with Crippen LogP contribution in [0.5, 0.6) is 0 Å². The number of primary amides is 1. The Morgan fingerprint density at radius 3 is 2.56 bits per heavy atom. The van der Waals surface area contributed by atoms with Crippen LogP contribution in [-0.4, -0.2) is 29.3 Å². The first-order chi connectivity index (χ1) is 8.32. The summed E-state index contributed by atoms with van der Waals surface area (Å²) in [6.07, 6.45) is 0. The highest BCUT2D eigenvalue weighted by Gasteiger charge is 2.22. The van der Waals surface area contributed by atoms with Crippen LogP contribution >= 0.6 is 28.6 Å². The minimum absolute atomic E-state index is 0.0975. The Bertz CT molecular complexity index is 477. The fourth-order valence-electron chi connectivity index (χ4n) is 1.49. The largest absolute Gasteiger partial charge is 0.368 e. The fraction of sp³-hybridized carbons (Fsp3) is 0.333. The third kappa shape index (κ3) is 3.74. The number of thiol groups is 1. The molecule has 98 valence electrons. The maximum absolute atomic E-state index is 12.3. The second-order valence-corrected chi connectivity index (χ2v) is 5.53. The predicted octanol–water partition coefficient (Wildman–Crippen LogP) is 2.07. The quantitative estimate of drug-likeness (QED) is 0.830. The van der Waals surface area contributed by atoms with Crippen molar-refractivity contribution in [3.8, 4) is 0 Å². The lowest BCUT2D eigenvalue weighted by atomic mass is 10.1. The van der Waals surface area contributed by atoms with E-state index in [2.05, 4.69) is 28.6 Å². The van der Waals surface area contributed by atoms with Gasteiger partial charge >= 0.3 is 0 Å². The summed E-state index contributed by atoms with van der Waals surface area (Å²) in [6.45, 7) is 3.57. The molecule has 0 aliphatic rings. The molecule has 6 heteroatoms. The third-order valence-corrected chi connectivity index (χ3v) is 3.36. The van der Waals surface area contributed by atoms with E-state index < -0.39 is 5.91 Å². The van der Waals surface area contributed by atoms with Crippen LogP contribution in [0.4, 0.5) is 0 Å². The van der Waals surface area contributed by atoms with E-state index in [1.165, 1.54) is 4.90 Å². The summed E-state index contributed by atoms with van der Waals surface area (Å²) in [4.78, 5) is 25.5. The highest BCUT2D eigenvalue weighted by Crippen LogP contribution is 2.22. The first-order valence-electron chi connectivity index (χ1n) is 5.40. The SMILES string of the molecule is CC(C)N(CC(N)=O)C(=O)c1cc(S)ccc1Br. The molecule has 0 aliphatic carbocycles. The van der Waals surface area contributed by atoms with Gasteiger partial charge in [0.05, 0.1) is 12.1 Å². The van der Waals surface area contributed by atoms with Crippen molar-refractivity contribution >= 4 is 40.4 Å². The molecule has 0 atom stereocenters. The van der Waals surface area contributed by atoms with Crippen LogP contribution in [0.3, 0.4) is 0 Å². The molecule has 0 saturated carbocycles. The molecule has 0 aliphatic heterocycles. The molecular weight excluding hydrogens is 316 g/mol. The first kappa shape index (κ1) is 15.0. The minimum Gasteiger partial charge on any atom is -0.368 e. The van der Waals surface area contributed by atoms with Crippen molar-refractivity contribution in [1.82, 2.24) is 4.90 Å². The van der Waals surface area contributed by atoms with Crippen molar-refractivity contribution in [1.29, 1.82) is 0 Å². The van der Waals surface area contributed by atoms with Crippen molar-refractivity contribution in [3.05, 3.63) is 28.2 Å². The Kier molecular flexibility index (Phi) is 5.22. The Morgan fingerprint density at radius 2 is 2.06 bits per heavy atom. The highest BCUT2D eigenvalue weighted by atomic mass is 79.9. The van der Waals surface area contributed by atoms with Gasteiger partial charge in [0.1, 0.15) is 0 Å². The number of rotatable bonds is 4. The van der Waals surface area contributed by atoms with Crippen LogP contribution in [0.15, 0.2) is 27.6 Å². The molecule has 1 aromatic carbocycles. The molecule has 4 nitrogen and oxygen atoms in total. The summed E-state index contributed by atoms with van der Waals surface area (Å²) in [6, 6.07) is 5.07. The standard InChI is InChI=1S/C12H15BrN2O2S/c1-7(2)15(6-11(14)16)12(17)9-5-8(18)3-4-10(9)13/h3-5,7,18H,6H2,1-2H3,(H2,14,16). The number of carbonyl (C=O) groups is 2. The zero-order chi connectivity index (χ0) is 13.9. The van der Waals surface area contributed by atoms with Crippen LogP contribution < -0.4 is 5.73 Å². The van der Waals surface area contributed by atoms with Crippen LogP contribution in [0.2, 0.25) is 0 Å². The zero-order valence-electron chi connectivity index (χ0n) is 10.2. The number of nitrogens with zero attached hydrogens (tertiary/aromatic N) is 1. The summed E-state index contributed by atoms with van der Waals surface area (Å²) in [5.41, 5.74) is 5.63. The van der Waals surface area contributed by atoms with Gasteiger partial charge in [-0.3, -0.25) is 9.59 Å². The van der Waals surface area contributed by atoms with E-state index in [4.69, 9.17) is 5.73 Å². The lowest BCUT2D eigenvalue weighted by molar-refractivity contribution is -0.119. The third-order valence-electron chi connectivity index (χ3n) is 2.39. The van der Waals surface area contributed by atoms with Crippen LogP contribution in [0.1, 0.15) is 24.2 Å². The van der Waals surface area contributed by atoms with Gasteiger partial charge < -0.3 is 10.6 Å². The van der Waals surface area contributed by atoms with Crippen LogP contribution in [-0.2, 0) is 4.79 Å². The van der Waals surface area contributed by atoms with Gasteiger partial charge in [-0.1, -0.05) is 0 Å².